The highest BCUT2D eigenvalue weighted by Gasteiger charge is 2.62. The maximum absolute atomic E-state index is 14.9. The highest BCUT2D eigenvalue weighted by atomic mass is 32.2. The van der Waals surface area contributed by atoms with Crippen molar-refractivity contribution in [3.8, 4) is 22.2 Å². The number of carbonyl (C=O) groups excluding carboxylic acids is 3. The summed E-state index contributed by atoms with van der Waals surface area (Å²) in [5, 5.41) is 3.32. The molecule has 11 nitrogen and oxygen atoms in total. The van der Waals surface area contributed by atoms with Crippen LogP contribution < -0.4 is 14.2 Å². The zero-order valence-electron chi connectivity index (χ0n) is 33.0. The Kier molecular flexibility index (Phi) is 10.9. The van der Waals surface area contributed by atoms with Crippen molar-refractivity contribution < 1.29 is 36.7 Å². The number of amides is 2. The number of nitrogens with zero attached hydrogens (tertiary/aromatic N) is 3. The standard InChI is InChI=1S/C44H49FN4O7S2/c1-27-37(55-3)16-15-33-38(23-34(47-39(27)33)40-46-19-20-57-40)56-32-22-35-36(50)25-44(42(52)48-58(53,54)43(2)17-18-43)24-30(44)10-8-6-4-5-7-9-29(41(51)49(35)26-32)21-28-11-13-31(45)14-12-28/h8,10-16,19-20,23,29-30,32,35H,4-7,9,17-18,21-22,24-26H2,1-3H3,(H,48,52)/b10-8-/t29-,30+,32-,35+,44-/m1/s1. The number of thiazole rings is 1. The van der Waals surface area contributed by atoms with E-state index < -0.39 is 44.2 Å². The lowest BCUT2D eigenvalue weighted by Gasteiger charge is -2.29. The Morgan fingerprint density at radius 1 is 1.09 bits per heavy atom. The minimum Gasteiger partial charge on any atom is -0.496 e. The largest absolute Gasteiger partial charge is 0.496 e. The third-order valence-electron chi connectivity index (χ3n) is 12.7. The predicted octanol–water partition coefficient (Wildman–Crippen LogP) is 7.51. The first kappa shape index (κ1) is 40.1. The van der Waals surface area contributed by atoms with Gasteiger partial charge in [-0.15, -0.1) is 11.3 Å². The number of sulfonamides is 1. The summed E-state index contributed by atoms with van der Waals surface area (Å²) in [6.45, 7) is 3.67. The van der Waals surface area contributed by atoms with Crippen LogP contribution >= 0.6 is 11.3 Å². The summed E-state index contributed by atoms with van der Waals surface area (Å²) in [6.07, 6.45) is 10.6. The summed E-state index contributed by atoms with van der Waals surface area (Å²) in [7, 11) is -2.34. The number of ether oxygens (including phenoxy) is 2. The number of halogens is 1. The van der Waals surface area contributed by atoms with Gasteiger partial charge >= 0.3 is 0 Å². The number of fused-ring (bicyclic) bond motifs is 3. The number of aromatic nitrogens is 2. The molecule has 0 bridgehead atoms. The van der Waals surface area contributed by atoms with Crippen molar-refractivity contribution in [3.05, 3.63) is 83.1 Å². The zero-order chi connectivity index (χ0) is 40.8. The molecule has 2 aromatic heterocycles. The zero-order valence-corrected chi connectivity index (χ0v) is 34.7. The quantitative estimate of drug-likeness (QED) is 0.170. The Balaban J connectivity index is 1.14. The molecule has 0 unspecified atom stereocenters. The third-order valence-corrected chi connectivity index (χ3v) is 15.6. The van der Waals surface area contributed by atoms with Gasteiger partial charge in [-0.25, -0.2) is 22.8 Å². The van der Waals surface area contributed by atoms with Gasteiger partial charge < -0.3 is 14.4 Å². The van der Waals surface area contributed by atoms with E-state index in [4.69, 9.17) is 14.5 Å². The Morgan fingerprint density at radius 3 is 2.60 bits per heavy atom. The van der Waals surface area contributed by atoms with E-state index in [0.29, 0.717) is 59.8 Å². The lowest BCUT2D eigenvalue weighted by Crippen LogP contribution is -2.47. The summed E-state index contributed by atoms with van der Waals surface area (Å²) in [5.74, 6) is -1.11. The van der Waals surface area contributed by atoms with E-state index >= 15 is 0 Å². The summed E-state index contributed by atoms with van der Waals surface area (Å²) in [5.41, 5.74) is 1.70. The molecule has 306 valence electrons. The molecule has 8 rings (SSSR count). The molecule has 14 heteroatoms. The molecule has 2 saturated carbocycles. The van der Waals surface area contributed by atoms with Gasteiger partial charge in [-0.1, -0.05) is 37.1 Å². The van der Waals surface area contributed by atoms with Crippen molar-refractivity contribution in [3.63, 3.8) is 0 Å². The number of allylic oxidation sites excluding steroid dienone is 2. The number of nitrogens with one attached hydrogen (secondary N) is 1. The molecule has 1 N–H and O–H groups in total. The summed E-state index contributed by atoms with van der Waals surface area (Å²) >= 11 is 1.45. The summed E-state index contributed by atoms with van der Waals surface area (Å²) < 4.78 is 54.2. The number of benzene rings is 2. The number of hydrogen-bond acceptors (Lipinski definition) is 10. The summed E-state index contributed by atoms with van der Waals surface area (Å²) in [4.78, 5) is 54.7. The van der Waals surface area contributed by atoms with E-state index in [9.17, 15) is 27.2 Å². The first-order chi connectivity index (χ1) is 27.8. The molecule has 2 aliphatic carbocycles. The monoisotopic (exact) mass is 828 g/mol. The first-order valence-corrected chi connectivity index (χ1v) is 22.5. The molecule has 4 heterocycles. The number of pyridine rings is 1. The van der Waals surface area contributed by atoms with E-state index in [1.807, 2.05) is 42.7 Å². The van der Waals surface area contributed by atoms with Crippen LogP contribution in [0.2, 0.25) is 0 Å². The number of aryl methyl sites for hydroxylation is 1. The molecule has 58 heavy (non-hydrogen) atoms. The molecular formula is C44H49FN4O7S2. The van der Waals surface area contributed by atoms with E-state index in [2.05, 4.69) is 9.71 Å². The van der Waals surface area contributed by atoms with Gasteiger partial charge in [-0.3, -0.25) is 19.1 Å². The van der Waals surface area contributed by atoms with Crippen LogP contribution in [-0.2, 0) is 30.8 Å². The van der Waals surface area contributed by atoms with Gasteiger partial charge in [0.2, 0.25) is 21.8 Å². The number of Topliss-reactive ketones (excluding diaryl/α,β-unsaturated/α-hetero) is 1. The van der Waals surface area contributed by atoms with Crippen molar-refractivity contribution in [2.45, 2.75) is 101 Å². The fourth-order valence-corrected chi connectivity index (χ4v) is 10.6. The van der Waals surface area contributed by atoms with E-state index in [1.54, 1.807) is 37.3 Å². The minimum absolute atomic E-state index is 0.121. The van der Waals surface area contributed by atoms with Crippen LogP contribution in [-0.4, -0.2) is 71.4 Å². The smallest absolute Gasteiger partial charge is 0.240 e. The highest BCUT2D eigenvalue weighted by Crippen LogP contribution is 2.57. The number of methoxy groups -OCH3 is 1. The van der Waals surface area contributed by atoms with E-state index in [1.165, 1.54) is 23.5 Å². The number of ketones is 1. The average Bonchev–Trinajstić information content (AvgIpc) is 3.95. The van der Waals surface area contributed by atoms with Gasteiger partial charge in [0, 0.05) is 47.4 Å². The van der Waals surface area contributed by atoms with E-state index in [-0.39, 0.29) is 42.8 Å². The Hall–Kier alpha value is -4.69. The maximum atomic E-state index is 14.9. The number of hydrogen-bond donors (Lipinski definition) is 1. The molecule has 4 aliphatic rings. The predicted molar refractivity (Wildman–Crippen MR) is 219 cm³/mol. The van der Waals surface area contributed by atoms with Crippen molar-refractivity contribution in [2.24, 2.45) is 17.3 Å². The van der Waals surface area contributed by atoms with Crippen molar-refractivity contribution in [1.29, 1.82) is 0 Å². The molecule has 5 atom stereocenters. The molecular weight excluding hydrogens is 780 g/mol. The summed E-state index contributed by atoms with van der Waals surface area (Å²) in [6, 6.07) is 10.8. The van der Waals surface area contributed by atoms with Gasteiger partial charge in [0.15, 0.2) is 5.78 Å². The van der Waals surface area contributed by atoms with Gasteiger partial charge in [-0.2, -0.15) is 0 Å². The van der Waals surface area contributed by atoms with Gasteiger partial charge in [0.25, 0.3) is 0 Å². The van der Waals surface area contributed by atoms with Crippen LogP contribution in [0.4, 0.5) is 4.39 Å². The van der Waals surface area contributed by atoms with Gasteiger partial charge in [0.05, 0.1) is 35.4 Å². The topological polar surface area (TPSA) is 145 Å². The lowest BCUT2D eigenvalue weighted by atomic mass is 9.90. The minimum atomic E-state index is -3.94. The Bertz CT molecular complexity index is 2360. The van der Waals surface area contributed by atoms with Gasteiger partial charge in [0.1, 0.15) is 34.1 Å². The molecule has 2 amide bonds. The van der Waals surface area contributed by atoms with Crippen LogP contribution in [0, 0.1) is 30.0 Å². The maximum Gasteiger partial charge on any atom is 0.240 e. The molecule has 3 fully saturated rings. The van der Waals surface area contributed by atoms with Crippen molar-refractivity contribution in [1.82, 2.24) is 19.6 Å². The number of rotatable bonds is 9. The van der Waals surface area contributed by atoms with Crippen LogP contribution in [0.5, 0.6) is 11.5 Å². The second kappa shape index (κ2) is 15.8. The van der Waals surface area contributed by atoms with Gasteiger partial charge in [-0.05, 0) is 94.5 Å². The Labute approximate surface area is 342 Å². The molecule has 2 aliphatic heterocycles. The second-order valence-corrected chi connectivity index (χ2v) is 19.8. The molecule has 0 radical (unpaired) electrons. The van der Waals surface area contributed by atoms with Crippen LogP contribution in [0.3, 0.4) is 0 Å². The van der Waals surface area contributed by atoms with Crippen molar-refractivity contribution in [2.75, 3.05) is 13.7 Å². The highest BCUT2D eigenvalue weighted by molar-refractivity contribution is 7.91. The molecule has 0 spiro atoms. The number of carbonyl (C=O) groups is 3. The molecule has 2 aromatic carbocycles. The lowest BCUT2D eigenvalue weighted by molar-refractivity contribution is -0.142. The fraction of sp³-hybridized carbons (Fsp3) is 0.477. The first-order valence-electron chi connectivity index (χ1n) is 20.2. The van der Waals surface area contributed by atoms with Crippen LogP contribution in [0.15, 0.2) is 66.2 Å². The SMILES string of the molecule is COc1ccc2c(O[C@@H]3C[C@H]4C(=O)C[C@]5(C(=O)NS(=O)(=O)C6(C)CC6)C[C@@H]5/C=C\CCCCC[C@H](Cc5ccc(F)cc5)C(=O)N4C3)cc(-c3nccs3)nc2c1C. The van der Waals surface area contributed by atoms with Crippen LogP contribution in [0.1, 0.15) is 82.3 Å². The van der Waals surface area contributed by atoms with Crippen molar-refractivity contribution >= 4 is 49.9 Å². The molecule has 4 aromatic rings. The van der Waals surface area contributed by atoms with Crippen LogP contribution in [0.25, 0.3) is 21.6 Å². The Morgan fingerprint density at radius 2 is 1.88 bits per heavy atom. The van der Waals surface area contributed by atoms with E-state index in [0.717, 1.165) is 42.2 Å². The molecule has 1 saturated heterocycles. The third kappa shape index (κ3) is 7.89. The normalized spacial score (nSPS) is 26.5. The average molecular weight is 829 g/mol. The second-order valence-electron chi connectivity index (χ2n) is 16.7. The fourth-order valence-electron chi connectivity index (χ4n) is 8.66.